The monoisotopic (exact) mass is 326 g/mol. The molecule has 6 nitrogen and oxygen atoms in total. The van der Waals surface area contributed by atoms with E-state index >= 15 is 0 Å². The van der Waals surface area contributed by atoms with Gasteiger partial charge in [0.25, 0.3) is 0 Å². The van der Waals surface area contributed by atoms with E-state index in [1.54, 1.807) is 13.3 Å². The Hall–Kier alpha value is -2.47. The van der Waals surface area contributed by atoms with Gasteiger partial charge >= 0.3 is 6.03 Å². The number of benzene rings is 1. The molecule has 1 aliphatic carbocycles. The van der Waals surface area contributed by atoms with Gasteiger partial charge in [-0.2, -0.15) is 0 Å². The fourth-order valence-electron chi connectivity index (χ4n) is 2.73. The van der Waals surface area contributed by atoms with Crippen LogP contribution in [0.25, 0.3) is 11.4 Å². The molecule has 0 aliphatic heterocycles. The standard InChI is InChI=1S/C18H22N4O2/c1-13-8-11-19-16(21-13)14-4-6-15(7-5-14)22-17(23)20-12-18(24-2)9-3-10-18/h4-8,11H,3,9-10,12H2,1-2H3,(H2,20,22,23). The van der Waals surface area contributed by atoms with E-state index in [4.69, 9.17) is 4.74 Å². The van der Waals surface area contributed by atoms with Crippen LogP contribution in [0.3, 0.4) is 0 Å². The molecule has 2 aromatic rings. The zero-order valence-corrected chi connectivity index (χ0v) is 14.0. The number of methoxy groups -OCH3 is 1. The number of nitrogens with one attached hydrogen (secondary N) is 2. The van der Waals surface area contributed by atoms with Gasteiger partial charge in [-0.15, -0.1) is 0 Å². The third kappa shape index (κ3) is 3.71. The van der Waals surface area contributed by atoms with Crippen LogP contribution in [0.5, 0.6) is 0 Å². The number of ether oxygens (including phenoxy) is 1. The van der Waals surface area contributed by atoms with E-state index in [1.165, 1.54) is 0 Å². The average molecular weight is 326 g/mol. The Bertz CT molecular complexity index is 706. The van der Waals surface area contributed by atoms with Crippen molar-refractivity contribution >= 4 is 11.7 Å². The maximum Gasteiger partial charge on any atom is 0.319 e. The number of urea groups is 1. The number of aryl methyl sites for hydroxylation is 1. The highest BCUT2D eigenvalue weighted by Crippen LogP contribution is 2.34. The number of nitrogens with zero attached hydrogens (tertiary/aromatic N) is 2. The predicted molar refractivity (Wildman–Crippen MR) is 92.8 cm³/mol. The first-order valence-electron chi connectivity index (χ1n) is 8.10. The number of anilines is 1. The number of carbonyl (C=O) groups is 1. The number of amides is 2. The second-order valence-electron chi connectivity index (χ2n) is 6.15. The molecular formula is C18H22N4O2. The molecule has 1 fully saturated rings. The maximum atomic E-state index is 12.0. The Labute approximate surface area is 141 Å². The van der Waals surface area contributed by atoms with Gasteiger partial charge < -0.3 is 15.4 Å². The molecule has 1 aromatic carbocycles. The molecular weight excluding hydrogens is 304 g/mol. The lowest BCUT2D eigenvalue weighted by molar-refractivity contribution is -0.0671. The van der Waals surface area contributed by atoms with Crippen LogP contribution in [0.2, 0.25) is 0 Å². The minimum atomic E-state index is -0.224. The van der Waals surface area contributed by atoms with Crippen molar-refractivity contribution in [2.75, 3.05) is 19.0 Å². The van der Waals surface area contributed by atoms with Gasteiger partial charge in [-0.25, -0.2) is 14.8 Å². The number of hydrogen-bond acceptors (Lipinski definition) is 4. The summed E-state index contributed by atoms with van der Waals surface area (Å²) in [5, 5.41) is 5.71. The van der Waals surface area contributed by atoms with E-state index < -0.39 is 0 Å². The lowest BCUT2D eigenvalue weighted by atomic mass is 9.80. The van der Waals surface area contributed by atoms with Crippen LogP contribution in [-0.4, -0.2) is 35.3 Å². The van der Waals surface area contributed by atoms with Gasteiger partial charge in [0.15, 0.2) is 5.82 Å². The van der Waals surface area contributed by atoms with Gasteiger partial charge in [-0.05, 0) is 56.5 Å². The largest absolute Gasteiger partial charge is 0.376 e. The van der Waals surface area contributed by atoms with Crippen LogP contribution in [0.4, 0.5) is 10.5 Å². The first kappa shape index (κ1) is 16.4. The van der Waals surface area contributed by atoms with Gasteiger partial charge in [-0.3, -0.25) is 0 Å². The van der Waals surface area contributed by atoms with Crippen LogP contribution in [-0.2, 0) is 4.74 Å². The van der Waals surface area contributed by atoms with Gasteiger partial charge in [0.1, 0.15) is 0 Å². The fraction of sp³-hybridized carbons (Fsp3) is 0.389. The number of hydrogen-bond donors (Lipinski definition) is 2. The molecule has 0 spiro atoms. The molecule has 1 aliphatic rings. The predicted octanol–water partition coefficient (Wildman–Crippen LogP) is 3.14. The second-order valence-corrected chi connectivity index (χ2v) is 6.15. The summed E-state index contributed by atoms with van der Waals surface area (Å²) >= 11 is 0. The van der Waals surface area contributed by atoms with Gasteiger partial charge in [0, 0.05) is 36.8 Å². The summed E-state index contributed by atoms with van der Waals surface area (Å²) in [6.45, 7) is 2.46. The van der Waals surface area contributed by atoms with Crippen molar-refractivity contribution in [1.82, 2.24) is 15.3 Å². The molecule has 3 rings (SSSR count). The summed E-state index contributed by atoms with van der Waals surface area (Å²) in [5.41, 5.74) is 2.38. The molecule has 1 saturated carbocycles. The minimum Gasteiger partial charge on any atom is -0.376 e. The SMILES string of the molecule is COC1(CNC(=O)Nc2ccc(-c3nccc(C)n3)cc2)CCC1. The molecule has 0 radical (unpaired) electrons. The highest BCUT2D eigenvalue weighted by atomic mass is 16.5. The molecule has 6 heteroatoms. The first-order valence-corrected chi connectivity index (χ1v) is 8.10. The topological polar surface area (TPSA) is 76.1 Å². The maximum absolute atomic E-state index is 12.0. The highest BCUT2D eigenvalue weighted by Gasteiger charge is 2.37. The Balaban J connectivity index is 1.57. The zero-order valence-electron chi connectivity index (χ0n) is 14.0. The molecule has 2 amide bonds. The van der Waals surface area contributed by atoms with E-state index in [0.717, 1.165) is 36.2 Å². The van der Waals surface area contributed by atoms with Crippen molar-refractivity contribution in [1.29, 1.82) is 0 Å². The van der Waals surface area contributed by atoms with Gasteiger partial charge in [0.2, 0.25) is 0 Å². The first-order chi connectivity index (χ1) is 11.6. The van der Waals surface area contributed by atoms with E-state index in [2.05, 4.69) is 20.6 Å². The van der Waals surface area contributed by atoms with E-state index in [1.807, 2.05) is 37.3 Å². The molecule has 0 bridgehead atoms. The Morgan fingerprint density at radius 2 is 2.00 bits per heavy atom. The van der Waals surface area contributed by atoms with Gasteiger partial charge in [-0.1, -0.05) is 0 Å². The quantitative estimate of drug-likeness (QED) is 0.885. The average Bonchev–Trinajstić information content (AvgIpc) is 2.55. The molecule has 1 aromatic heterocycles. The van der Waals surface area contributed by atoms with Crippen LogP contribution in [0.15, 0.2) is 36.5 Å². The highest BCUT2D eigenvalue weighted by molar-refractivity contribution is 5.89. The third-order valence-electron chi connectivity index (χ3n) is 4.46. The molecule has 2 N–H and O–H groups in total. The van der Waals surface area contributed by atoms with Crippen molar-refractivity contribution in [3.05, 3.63) is 42.2 Å². The molecule has 1 heterocycles. The molecule has 0 unspecified atom stereocenters. The summed E-state index contributed by atoms with van der Waals surface area (Å²) in [6.07, 6.45) is 4.88. The van der Waals surface area contributed by atoms with Crippen molar-refractivity contribution in [3.8, 4) is 11.4 Å². The Morgan fingerprint density at radius 3 is 2.58 bits per heavy atom. The summed E-state index contributed by atoms with van der Waals surface area (Å²) in [7, 11) is 1.70. The normalized spacial score (nSPS) is 15.4. The van der Waals surface area contributed by atoms with E-state index in [0.29, 0.717) is 12.4 Å². The number of rotatable bonds is 5. The zero-order chi connectivity index (χ0) is 17.0. The van der Waals surface area contributed by atoms with E-state index in [9.17, 15) is 4.79 Å². The summed E-state index contributed by atoms with van der Waals surface area (Å²) < 4.78 is 5.49. The number of aromatic nitrogens is 2. The van der Waals surface area contributed by atoms with Crippen LogP contribution < -0.4 is 10.6 Å². The molecule has 0 atom stereocenters. The fourth-order valence-corrected chi connectivity index (χ4v) is 2.73. The van der Waals surface area contributed by atoms with Gasteiger partial charge in [0.05, 0.1) is 5.60 Å². The minimum absolute atomic E-state index is 0.177. The molecule has 0 saturated heterocycles. The molecule has 126 valence electrons. The number of carbonyl (C=O) groups excluding carboxylic acids is 1. The van der Waals surface area contributed by atoms with E-state index in [-0.39, 0.29) is 11.6 Å². The van der Waals surface area contributed by atoms with Crippen molar-refractivity contribution in [2.24, 2.45) is 0 Å². The lowest BCUT2D eigenvalue weighted by Gasteiger charge is -2.40. The van der Waals surface area contributed by atoms with Crippen LogP contribution in [0.1, 0.15) is 25.0 Å². The van der Waals surface area contributed by atoms with Crippen molar-refractivity contribution in [3.63, 3.8) is 0 Å². The third-order valence-corrected chi connectivity index (χ3v) is 4.46. The Kier molecular flexibility index (Phi) is 4.76. The molecule has 24 heavy (non-hydrogen) atoms. The smallest absolute Gasteiger partial charge is 0.319 e. The van der Waals surface area contributed by atoms with Crippen molar-refractivity contribution < 1.29 is 9.53 Å². The lowest BCUT2D eigenvalue weighted by Crippen LogP contribution is -2.50. The summed E-state index contributed by atoms with van der Waals surface area (Å²) in [6, 6.07) is 9.11. The van der Waals surface area contributed by atoms with Crippen LogP contribution >= 0.6 is 0 Å². The Morgan fingerprint density at radius 1 is 1.25 bits per heavy atom. The summed E-state index contributed by atoms with van der Waals surface area (Å²) in [5.74, 6) is 0.679. The summed E-state index contributed by atoms with van der Waals surface area (Å²) in [4.78, 5) is 20.7. The van der Waals surface area contributed by atoms with Crippen molar-refractivity contribution in [2.45, 2.75) is 31.8 Å². The second kappa shape index (κ2) is 6.97. The van der Waals surface area contributed by atoms with Crippen LogP contribution in [0, 0.1) is 6.92 Å².